The Morgan fingerprint density at radius 2 is 1.65 bits per heavy atom. The van der Waals surface area contributed by atoms with Crippen molar-refractivity contribution in [3.63, 3.8) is 0 Å². The van der Waals surface area contributed by atoms with Crippen molar-refractivity contribution in [3.05, 3.63) is 29.3 Å². The summed E-state index contributed by atoms with van der Waals surface area (Å²) < 4.78 is 4.88. The van der Waals surface area contributed by atoms with Gasteiger partial charge in [-0.05, 0) is 24.3 Å². The summed E-state index contributed by atoms with van der Waals surface area (Å²) in [5, 5.41) is 27.0. The van der Waals surface area contributed by atoms with Gasteiger partial charge in [0.05, 0.1) is 0 Å². The number of hydrogen-bond donors (Lipinski definition) is 3. The van der Waals surface area contributed by atoms with E-state index in [0.29, 0.717) is 5.02 Å². The number of carboxylic acids is 2. The minimum absolute atomic E-state index is 0.204. The van der Waals surface area contributed by atoms with E-state index >= 15 is 0 Å². The zero-order chi connectivity index (χ0) is 13.1. The molecule has 0 aliphatic heterocycles. The molecule has 17 heavy (non-hydrogen) atoms. The van der Waals surface area contributed by atoms with E-state index in [-0.39, 0.29) is 5.75 Å². The van der Waals surface area contributed by atoms with E-state index in [0.717, 1.165) is 0 Å². The third-order valence-corrected chi connectivity index (χ3v) is 2.22. The molecule has 0 aliphatic rings. The molecule has 0 fully saturated rings. The third kappa shape index (κ3) is 3.08. The Labute approximate surface area is 101 Å². The van der Waals surface area contributed by atoms with Crippen LogP contribution in [0.5, 0.6) is 5.75 Å². The second kappa shape index (κ2) is 5.03. The fourth-order valence-electron chi connectivity index (χ4n) is 0.934. The molecule has 1 aromatic rings. The Kier molecular flexibility index (Phi) is 3.93. The number of halogens is 1. The minimum atomic E-state index is -2.97. The predicted molar refractivity (Wildman–Crippen MR) is 57.2 cm³/mol. The van der Waals surface area contributed by atoms with E-state index in [2.05, 4.69) is 0 Å². The van der Waals surface area contributed by atoms with Crippen LogP contribution in [0, 0.1) is 0 Å². The molecule has 0 bridgehead atoms. The van der Waals surface area contributed by atoms with Crippen molar-refractivity contribution < 1.29 is 29.6 Å². The van der Waals surface area contributed by atoms with E-state index in [9.17, 15) is 14.7 Å². The summed E-state index contributed by atoms with van der Waals surface area (Å²) in [7, 11) is 0. The van der Waals surface area contributed by atoms with E-state index in [1.54, 1.807) is 0 Å². The van der Waals surface area contributed by atoms with Gasteiger partial charge in [0.1, 0.15) is 12.4 Å². The fourth-order valence-corrected chi connectivity index (χ4v) is 1.06. The number of aliphatic hydroxyl groups is 1. The lowest BCUT2D eigenvalue weighted by Gasteiger charge is -2.18. The summed E-state index contributed by atoms with van der Waals surface area (Å²) in [4.78, 5) is 21.2. The highest BCUT2D eigenvalue weighted by atomic mass is 35.5. The lowest BCUT2D eigenvalue weighted by molar-refractivity contribution is -0.179. The van der Waals surface area contributed by atoms with E-state index in [1.807, 2.05) is 0 Å². The molecule has 3 N–H and O–H groups in total. The van der Waals surface area contributed by atoms with Crippen molar-refractivity contribution in [2.24, 2.45) is 0 Å². The molecule has 0 atom stereocenters. The second-order valence-corrected chi connectivity index (χ2v) is 3.65. The monoisotopic (exact) mass is 260 g/mol. The maximum absolute atomic E-state index is 10.6. The van der Waals surface area contributed by atoms with E-state index in [1.165, 1.54) is 24.3 Å². The molecule has 7 heteroatoms. The van der Waals surface area contributed by atoms with E-state index in [4.69, 9.17) is 26.6 Å². The predicted octanol–water partition coefficient (Wildman–Crippen LogP) is 0.619. The van der Waals surface area contributed by atoms with Gasteiger partial charge >= 0.3 is 11.9 Å². The minimum Gasteiger partial charge on any atom is -0.489 e. The highest BCUT2D eigenvalue weighted by molar-refractivity contribution is 6.30. The number of rotatable bonds is 5. The standard InChI is InChI=1S/C10H9ClO6/c11-6-1-3-7(4-2-6)17-5-10(16,8(12)13)9(14)15/h1-4,16H,5H2,(H,12,13)(H,14,15). The molecule has 1 aromatic carbocycles. The van der Waals surface area contributed by atoms with Gasteiger partial charge in [0.2, 0.25) is 0 Å². The van der Waals surface area contributed by atoms with Gasteiger partial charge in [0, 0.05) is 5.02 Å². The summed E-state index contributed by atoms with van der Waals surface area (Å²) in [6.45, 7) is -0.903. The molecular weight excluding hydrogens is 252 g/mol. The summed E-state index contributed by atoms with van der Waals surface area (Å²) >= 11 is 5.61. The molecule has 92 valence electrons. The van der Waals surface area contributed by atoms with Gasteiger partial charge < -0.3 is 20.1 Å². The van der Waals surface area contributed by atoms with Crippen LogP contribution in [0.2, 0.25) is 5.02 Å². The van der Waals surface area contributed by atoms with Crippen LogP contribution in [0.25, 0.3) is 0 Å². The Bertz CT molecular complexity index is 413. The van der Waals surface area contributed by atoms with Gasteiger partial charge in [-0.1, -0.05) is 11.6 Å². The van der Waals surface area contributed by atoms with Crippen LogP contribution in [-0.2, 0) is 9.59 Å². The molecule has 0 aliphatic carbocycles. The second-order valence-electron chi connectivity index (χ2n) is 3.21. The maximum atomic E-state index is 10.6. The zero-order valence-corrected chi connectivity index (χ0v) is 9.22. The highest BCUT2D eigenvalue weighted by Crippen LogP contribution is 2.17. The van der Waals surface area contributed by atoms with Crippen molar-refractivity contribution in [1.82, 2.24) is 0 Å². The Hall–Kier alpha value is -1.79. The number of benzene rings is 1. The highest BCUT2D eigenvalue weighted by Gasteiger charge is 2.46. The van der Waals surface area contributed by atoms with Gasteiger partial charge in [-0.3, -0.25) is 0 Å². The average Bonchev–Trinajstić information content (AvgIpc) is 2.27. The van der Waals surface area contributed by atoms with Crippen molar-refractivity contribution in [3.8, 4) is 5.75 Å². The Balaban J connectivity index is 2.74. The molecule has 0 radical (unpaired) electrons. The fraction of sp³-hybridized carbons (Fsp3) is 0.200. The Morgan fingerprint density at radius 3 is 2.06 bits per heavy atom. The molecular formula is C10H9ClO6. The van der Waals surface area contributed by atoms with Crippen LogP contribution in [0.3, 0.4) is 0 Å². The molecule has 0 saturated heterocycles. The average molecular weight is 261 g/mol. The first kappa shape index (κ1) is 13.3. The first-order valence-corrected chi connectivity index (χ1v) is 4.81. The Morgan fingerprint density at radius 1 is 1.18 bits per heavy atom. The SMILES string of the molecule is O=C(O)C(O)(COc1ccc(Cl)cc1)C(=O)O. The van der Waals surface area contributed by atoms with Crippen molar-refractivity contribution in [2.75, 3.05) is 6.61 Å². The number of carboxylic acid groups (broad SMARTS) is 2. The van der Waals surface area contributed by atoms with Crippen molar-refractivity contribution in [1.29, 1.82) is 0 Å². The smallest absolute Gasteiger partial charge is 0.351 e. The van der Waals surface area contributed by atoms with Gasteiger partial charge in [-0.15, -0.1) is 0 Å². The quantitative estimate of drug-likeness (QED) is 0.671. The topological polar surface area (TPSA) is 104 Å². The van der Waals surface area contributed by atoms with Crippen LogP contribution in [0.4, 0.5) is 0 Å². The molecule has 0 spiro atoms. The molecule has 1 rings (SSSR count). The van der Waals surface area contributed by atoms with Gasteiger partial charge in [0.25, 0.3) is 5.60 Å². The summed E-state index contributed by atoms with van der Waals surface area (Å²) in [5.74, 6) is -3.58. The van der Waals surface area contributed by atoms with Crippen LogP contribution in [-0.4, -0.2) is 39.5 Å². The third-order valence-electron chi connectivity index (χ3n) is 1.97. The molecule has 0 amide bonds. The summed E-state index contributed by atoms with van der Waals surface area (Å²) in [5.41, 5.74) is -2.97. The first-order chi connectivity index (χ1) is 7.86. The molecule has 0 heterocycles. The summed E-state index contributed by atoms with van der Waals surface area (Å²) in [6.07, 6.45) is 0. The zero-order valence-electron chi connectivity index (χ0n) is 8.46. The van der Waals surface area contributed by atoms with Crippen LogP contribution >= 0.6 is 11.6 Å². The van der Waals surface area contributed by atoms with Crippen LogP contribution in [0.15, 0.2) is 24.3 Å². The number of aliphatic carboxylic acids is 2. The molecule has 0 saturated carbocycles. The lowest BCUT2D eigenvalue weighted by atomic mass is 10.1. The van der Waals surface area contributed by atoms with E-state index < -0.39 is 24.1 Å². The number of ether oxygens (including phenoxy) is 1. The lowest BCUT2D eigenvalue weighted by Crippen LogP contribution is -2.51. The normalized spacial score (nSPS) is 10.9. The van der Waals surface area contributed by atoms with Crippen LogP contribution in [0.1, 0.15) is 0 Å². The van der Waals surface area contributed by atoms with Gasteiger partial charge in [0.15, 0.2) is 0 Å². The van der Waals surface area contributed by atoms with Crippen molar-refractivity contribution >= 4 is 23.5 Å². The largest absolute Gasteiger partial charge is 0.489 e. The molecule has 6 nitrogen and oxygen atoms in total. The van der Waals surface area contributed by atoms with Gasteiger partial charge in [-0.25, -0.2) is 9.59 Å². The molecule has 0 aromatic heterocycles. The van der Waals surface area contributed by atoms with Crippen molar-refractivity contribution in [2.45, 2.75) is 5.60 Å². The first-order valence-electron chi connectivity index (χ1n) is 4.44. The molecule has 0 unspecified atom stereocenters. The maximum Gasteiger partial charge on any atom is 0.351 e. The van der Waals surface area contributed by atoms with Gasteiger partial charge in [-0.2, -0.15) is 0 Å². The number of carbonyl (C=O) groups is 2. The summed E-state index contributed by atoms with van der Waals surface area (Å²) in [6, 6.07) is 5.81. The number of hydrogen-bond acceptors (Lipinski definition) is 4. The van der Waals surface area contributed by atoms with Crippen LogP contribution < -0.4 is 4.74 Å².